The summed E-state index contributed by atoms with van der Waals surface area (Å²) >= 11 is 0. The first-order valence-corrected chi connectivity index (χ1v) is 7.80. The fraction of sp³-hybridized carbons (Fsp3) is 0.647. The minimum absolute atomic E-state index is 0.444. The second kappa shape index (κ2) is 6.38. The third-order valence-corrected chi connectivity index (χ3v) is 4.19. The molecule has 1 saturated heterocycles. The Bertz CT molecular complexity index is 443. The average Bonchev–Trinajstić information content (AvgIpc) is 2.59. The van der Waals surface area contributed by atoms with Crippen molar-refractivity contribution >= 4 is 11.4 Å². The van der Waals surface area contributed by atoms with Crippen LogP contribution in [0.4, 0.5) is 11.4 Å². The summed E-state index contributed by atoms with van der Waals surface area (Å²) in [7, 11) is 0. The Kier molecular flexibility index (Phi) is 4.79. The van der Waals surface area contributed by atoms with Crippen molar-refractivity contribution in [3.63, 3.8) is 0 Å². The van der Waals surface area contributed by atoms with Gasteiger partial charge in [0, 0.05) is 13.1 Å². The molecular formula is C17H28N2O. The van der Waals surface area contributed by atoms with Gasteiger partial charge in [0.25, 0.3) is 0 Å². The van der Waals surface area contributed by atoms with Crippen LogP contribution in [0.25, 0.3) is 0 Å². The molecule has 0 aliphatic carbocycles. The number of benzene rings is 1. The number of nitrogen functional groups attached to an aromatic ring is 1. The van der Waals surface area contributed by atoms with Gasteiger partial charge in [0.15, 0.2) is 0 Å². The van der Waals surface area contributed by atoms with Crippen LogP contribution in [0.2, 0.25) is 0 Å². The maximum atomic E-state index is 6.31. The highest BCUT2D eigenvalue weighted by Gasteiger charge is 2.24. The molecule has 112 valence electrons. The smallest absolute Gasteiger partial charge is 0.144 e. The van der Waals surface area contributed by atoms with Crippen LogP contribution in [0.5, 0.6) is 5.75 Å². The number of nitrogens with two attached hydrogens (primary N) is 1. The topological polar surface area (TPSA) is 38.5 Å². The van der Waals surface area contributed by atoms with Crippen molar-refractivity contribution in [1.82, 2.24) is 0 Å². The average molecular weight is 276 g/mol. The molecule has 1 aromatic rings. The van der Waals surface area contributed by atoms with E-state index in [4.69, 9.17) is 10.5 Å². The second-order valence-electron chi connectivity index (χ2n) is 6.54. The predicted octanol–water partition coefficient (Wildman–Crippen LogP) is 4.07. The van der Waals surface area contributed by atoms with Crippen molar-refractivity contribution in [2.75, 3.05) is 30.3 Å². The Morgan fingerprint density at radius 1 is 1.25 bits per heavy atom. The Balaban J connectivity index is 2.15. The monoisotopic (exact) mass is 276 g/mol. The summed E-state index contributed by atoms with van der Waals surface area (Å²) in [6.45, 7) is 9.72. The highest BCUT2D eigenvalue weighted by atomic mass is 16.5. The third-order valence-electron chi connectivity index (χ3n) is 4.19. The van der Waals surface area contributed by atoms with E-state index in [1.54, 1.807) is 0 Å². The van der Waals surface area contributed by atoms with Crippen molar-refractivity contribution in [2.24, 2.45) is 5.41 Å². The molecule has 1 aliphatic heterocycles. The van der Waals surface area contributed by atoms with Gasteiger partial charge < -0.3 is 15.4 Å². The lowest BCUT2D eigenvalue weighted by atomic mass is 9.85. The molecule has 20 heavy (non-hydrogen) atoms. The normalized spacial score (nSPS) is 18.6. The summed E-state index contributed by atoms with van der Waals surface area (Å²) in [5.74, 6) is 0.827. The van der Waals surface area contributed by atoms with Crippen molar-refractivity contribution in [3.8, 4) is 5.75 Å². The van der Waals surface area contributed by atoms with E-state index in [0.29, 0.717) is 5.41 Å². The molecule has 0 saturated carbocycles. The maximum Gasteiger partial charge on any atom is 0.144 e. The van der Waals surface area contributed by atoms with Crippen LogP contribution < -0.4 is 15.4 Å². The third kappa shape index (κ3) is 3.59. The van der Waals surface area contributed by atoms with Crippen molar-refractivity contribution in [3.05, 3.63) is 18.2 Å². The van der Waals surface area contributed by atoms with Gasteiger partial charge in [-0.25, -0.2) is 0 Å². The molecule has 2 rings (SSSR count). The van der Waals surface area contributed by atoms with E-state index in [0.717, 1.165) is 43.2 Å². The van der Waals surface area contributed by atoms with Gasteiger partial charge >= 0.3 is 0 Å². The molecule has 1 fully saturated rings. The molecule has 0 spiro atoms. The van der Waals surface area contributed by atoms with Crippen molar-refractivity contribution in [2.45, 2.75) is 46.5 Å². The van der Waals surface area contributed by atoms with Crippen molar-refractivity contribution < 1.29 is 4.74 Å². The summed E-state index contributed by atoms with van der Waals surface area (Å²) in [4.78, 5) is 2.42. The summed E-state index contributed by atoms with van der Waals surface area (Å²) in [5, 5.41) is 0. The van der Waals surface area contributed by atoms with Crippen LogP contribution in [0, 0.1) is 5.41 Å². The minimum Gasteiger partial charge on any atom is -0.491 e. The molecule has 0 radical (unpaired) electrons. The van der Waals surface area contributed by atoms with Gasteiger partial charge in [-0.15, -0.1) is 0 Å². The summed E-state index contributed by atoms with van der Waals surface area (Å²) in [6, 6.07) is 6.13. The molecule has 3 heteroatoms. The molecule has 0 unspecified atom stereocenters. The van der Waals surface area contributed by atoms with E-state index in [9.17, 15) is 0 Å². The highest BCUT2D eigenvalue weighted by Crippen LogP contribution is 2.36. The highest BCUT2D eigenvalue weighted by molar-refractivity contribution is 5.74. The Hall–Kier alpha value is -1.38. The van der Waals surface area contributed by atoms with E-state index >= 15 is 0 Å². The molecule has 0 bridgehead atoms. The largest absolute Gasteiger partial charge is 0.491 e. The molecule has 0 atom stereocenters. The van der Waals surface area contributed by atoms with E-state index < -0.39 is 0 Å². The van der Waals surface area contributed by atoms with Crippen LogP contribution in [0.1, 0.15) is 46.5 Å². The number of anilines is 2. The molecular weight excluding hydrogens is 248 g/mol. The molecule has 1 heterocycles. The summed E-state index contributed by atoms with van der Waals surface area (Å²) < 4.78 is 5.74. The van der Waals surface area contributed by atoms with Gasteiger partial charge in [-0.2, -0.15) is 0 Å². The van der Waals surface area contributed by atoms with E-state index in [1.165, 1.54) is 19.3 Å². The first kappa shape index (κ1) is 15.0. The minimum atomic E-state index is 0.444. The van der Waals surface area contributed by atoms with Gasteiger partial charge in [0.2, 0.25) is 0 Å². The van der Waals surface area contributed by atoms with E-state index in [-0.39, 0.29) is 0 Å². The van der Waals surface area contributed by atoms with Crippen LogP contribution >= 0.6 is 0 Å². The SMILES string of the molecule is CCCOc1cccc(N2CCCC(C)(C)CC2)c1N. The summed E-state index contributed by atoms with van der Waals surface area (Å²) in [5.41, 5.74) is 8.68. The lowest BCUT2D eigenvalue weighted by Crippen LogP contribution is -2.26. The fourth-order valence-corrected chi connectivity index (χ4v) is 2.81. The lowest BCUT2D eigenvalue weighted by Gasteiger charge is -2.26. The van der Waals surface area contributed by atoms with Crippen LogP contribution in [0.15, 0.2) is 18.2 Å². The van der Waals surface area contributed by atoms with Gasteiger partial charge in [-0.05, 0) is 43.2 Å². The number of hydrogen-bond acceptors (Lipinski definition) is 3. The molecule has 2 N–H and O–H groups in total. The van der Waals surface area contributed by atoms with E-state index in [2.05, 4.69) is 31.7 Å². The molecule has 1 aliphatic rings. The molecule has 0 aromatic heterocycles. The van der Waals surface area contributed by atoms with E-state index in [1.807, 2.05) is 12.1 Å². The Morgan fingerprint density at radius 2 is 2.05 bits per heavy atom. The Morgan fingerprint density at radius 3 is 2.80 bits per heavy atom. The predicted molar refractivity (Wildman–Crippen MR) is 86.5 cm³/mol. The number of rotatable bonds is 4. The Labute approximate surface area is 123 Å². The number of para-hydroxylation sites is 1. The quantitative estimate of drug-likeness (QED) is 0.842. The lowest BCUT2D eigenvalue weighted by molar-refractivity contribution is 0.319. The number of hydrogen-bond donors (Lipinski definition) is 1. The van der Waals surface area contributed by atoms with Gasteiger partial charge in [0.05, 0.1) is 18.0 Å². The summed E-state index contributed by atoms with van der Waals surface area (Å²) in [6.07, 6.45) is 4.73. The van der Waals surface area contributed by atoms with Gasteiger partial charge in [0.1, 0.15) is 5.75 Å². The molecule has 3 nitrogen and oxygen atoms in total. The zero-order valence-electron chi connectivity index (χ0n) is 13.1. The van der Waals surface area contributed by atoms with Crippen LogP contribution in [-0.2, 0) is 0 Å². The van der Waals surface area contributed by atoms with Crippen molar-refractivity contribution in [1.29, 1.82) is 0 Å². The zero-order valence-corrected chi connectivity index (χ0v) is 13.1. The molecule has 0 amide bonds. The zero-order chi connectivity index (χ0) is 14.6. The fourth-order valence-electron chi connectivity index (χ4n) is 2.81. The molecule has 1 aromatic carbocycles. The second-order valence-corrected chi connectivity index (χ2v) is 6.54. The van der Waals surface area contributed by atoms with Gasteiger partial charge in [-0.3, -0.25) is 0 Å². The number of nitrogens with zero attached hydrogens (tertiary/aromatic N) is 1. The first-order valence-electron chi connectivity index (χ1n) is 7.80. The number of ether oxygens (including phenoxy) is 1. The standard InChI is InChI=1S/C17H28N2O/c1-4-13-20-15-8-5-7-14(16(15)18)19-11-6-9-17(2,3)10-12-19/h5,7-8H,4,6,9-13,18H2,1-3H3. The van der Waals surface area contributed by atoms with Gasteiger partial charge in [-0.1, -0.05) is 26.8 Å². The first-order chi connectivity index (χ1) is 9.53. The van der Waals surface area contributed by atoms with Crippen LogP contribution in [-0.4, -0.2) is 19.7 Å². The van der Waals surface area contributed by atoms with Crippen LogP contribution in [0.3, 0.4) is 0 Å². The maximum absolute atomic E-state index is 6.31.